The molecule has 4 aromatic rings. The molecule has 1 aromatic carbocycles. The first-order valence-corrected chi connectivity index (χ1v) is 10.5. The van der Waals surface area contributed by atoms with Crippen LogP contribution in [0, 0.1) is 12.7 Å². The summed E-state index contributed by atoms with van der Waals surface area (Å²) in [6.07, 6.45) is 8.28. The minimum Gasteiger partial charge on any atom is -0.298 e. The number of hydrogen-bond acceptors (Lipinski definition) is 5. The van der Waals surface area contributed by atoms with E-state index in [0.717, 1.165) is 21.6 Å². The quantitative estimate of drug-likeness (QED) is 0.364. The Labute approximate surface area is 173 Å². The third kappa shape index (κ3) is 3.67. The van der Waals surface area contributed by atoms with Crippen molar-refractivity contribution in [3.8, 4) is 11.1 Å². The molecule has 0 N–H and O–H groups in total. The monoisotopic (exact) mass is 423 g/mol. The number of hydrogen-bond donors (Lipinski definition) is 0. The Kier molecular flexibility index (Phi) is 5.04. The number of aryl methyl sites for hydroxylation is 1. The van der Waals surface area contributed by atoms with Crippen molar-refractivity contribution in [3.63, 3.8) is 0 Å². The summed E-state index contributed by atoms with van der Waals surface area (Å²) in [5.41, 5.74) is 3.75. The Morgan fingerprint density at radius 1 is 1.13 bits per heavy atom. The van der Waals surface area contributed by atoms with Crippen LogP contribution in [0.3, 0.4) is 0 Å². The van der Waals surface area contributed by atoms with Gasteiger partial charge in [-0.05, 0) is 42.8 Å². The van der Waals surface area contributed by atoms with E-state index in [1.165, 1.54) is 25.4 Å². The number of benzene rings is 1. The predicted octanol–water partition coefficient (Wildman–Crippen LogP) is 3.50. The fourth-order valence-electron chi connectivity index (χ4n) is 2.95. The van der Waals surface area contributed by atoms with Gasteiger partial charge in [0, 0.05) is 36.8 Å². The summed E-state index contributed by atoms with van der Waals surface area (Å²) in [6.45, 7) is 1.69. The van der Waals surface area contributed by atoms with E-state index in [0.29, 0.717) is 16.9 Å². The smallest absolute Gasteiger partial charge is 0.281 e. The van der Waals surface area contributed by atoms with Crippen molar-refractivity contribution in [3.05, 3.63) is 84.3 Å². The van der Waals surface area contributed by atoms with Gasteiger partial charge in [-0.1, -0.05) is 12.1 Å². The van der Waals surface area contributed by atoms with E-state index in [9.17, 15) is 12.8 Å². The van der Waals surface area contributed by atoms with Crippen molar-refractivity contribution in [1.82, 2.24) is 18.8 Å². The summed E-state index contributed by atoms with van der Waals surface area (Å²) in [4.78, 5) is 8.01. The van der Waals surface area contributed by atoms with Crippen molar-refractivity contribution < 1.29 is 12.8 Å². The van der Waals surface area contributed by atoms with Crippen LogP contribution >= 0.6 is 0 Å². The van der Waals surface area contributed by atoms with Gasteiger partial charge < -0.3 is 0 Å². The number of rotatable bonds is 5. The van der Waals surface area contributed by atoms with E-state index < -0.39 is 20.7 Å². The topological polar surface area (TPSA) is 79.9 Å². The van der Waals surface area contributed by atoms with Gasteiger partial charge in [0.05, 0.1) is 18.1 Å². The van der Waals surface area contributed by atoms with Gasteiger partial charge in [0.1, 0.15) is 16.4 Å². The Morgan fingerprint density at radius 2 is 1.97 bits per heavy atom. The van der Waals surface area contributed by atoms with E-state index in [1.54, 1.807) is 29.9 Å². The highest BCUT2D eigenvalue weighted by Crippen LogP contribution is 2.21. The second-order valence-electron chi connectivity index (χ2n) is 6.69. The summed E-state index contributed by atoms with van der Waals surface area (Å²) >= 11 is 0. The standard InChI is InChI=1S/C21H18FN5O2S/c1-15-5-7-19(22)20(10-15)30(28,29)26(2)25-13-18-12-24-21-8-6-17(14-27(18)21)16-4-3-9-23-11-16/h3-14H,1-2H3/b25-13+. The number of aromatic nitrogens is 3. The van der Waals surface area contributed by atoms with Gasteiger partial charge in [-0.25, -0.2) is 9.37 Å². The summed E-state index contributed by atoms with van der Waals surface area (Å²) in [5.74, 6) is -0.821. The van der Waals surface area contributed by atoms with Crippen LogP contribution in [0.15, 0.2) is 77.2 Å². The highest BCUT2D eigenvalue weighted by molar-refractivity contribution is 7.89. The predicted molar refractivity (Wildman–Crippen MR) is 112 cm³/mol. The lowest BCUT2D eigenvalue weighted by Crippen LogP contribution is -2.23. The van der Waals surface area contributed by atoms with Gasteiger partial charge in [-0.3, -0.25) is 9.38 Å². The summed E-state index contributed by atoms with van der Waals surface area (Å²) in [5, 5.41) is 4.02. The second-order valence-corrected chi connectivity index (χ2v) is 8.61. The summed E-state index contributed by atoms with van der Waals surface area (Å²) in [6, 6.07) is 11.5. The van der Waals surface area contributed by atoms with Gasteiger partial charge in [0.2, 0.25) is 0 Å². The van der Waals surface area contributed by atoms with Crippen LogP contribution in [0.4, 0.5) is 4.39 Å². The number of fused-ring (bicyclic) bond motifs is 1. The number of halogens is 1. The fraction of sp³-hybridized carbons (Fsp3) is 0.0952. The van der Waals surface area contributed by atoms with E-state index in [-0.39, 0.29) is 0 Å². The van der Waals surface area contributed by atoms with E-state index >= 15 is 0 Å². The zero-order chi connectivity index (χ0) is 21.3. The number of hydrazone groups is 1. The van der Waals surface area contributed by atoms with E-state index in [2.05, 4.69) is 15.1 Å². The molecule has 3 aromatic heterocycles. The molecule has 0 saturated heterocycles. The molecule has 0 aliphatic rings. The van der Waals surface area contributed by atoms with Gasteiger partial charge in [0.25, 0.3) is 10.0 Å². The second kappa shape index (κ2) is 7.68. The molecule has 3 heterocycles. The third-order valence-corrected chi connectivity index (χ3v) is 6.25. The zero-order valence-electron chi connectivity index (χ0n) is 16.3. The Bertz CT molecular complexity index is 1350. The minimum absolute atomic E-state index is 0.417. The molecule has 0 aliphatic heterocycles. The molecule has 0 aliphatic carbocycles. The maximum Gasteiger partial charge on any atom is 0.281 e. The molecule has 4 rings (SSSR count). The Balaban J connectivity index is 1.67. The van der Waals surface area contributed by atoms with Crippen LogP contribution in [0.1, 0.15) is 11.3 Å². The molecule has 30 heavy (non-hydrogen) atoms. The van der Waals surface area contributed by atoms with Crippen molar-refractivity contribution in [2.24, 2.45) is 5.10 Å². The molecular formula is C21H18FN5O2S. The maximum absolute atomic E-state index is 14.1. The molecule has 152 valence electrons. The van der Waals surface area contributed by atoms with Gasteiger partial charge in [-0.15, -0.1) is 0 Å². The minimum atomic E-state index is -4.13. The third-order valence-electron chi connectivity index (χ3n) is 4.59. The molecule has 0 amide bonds. The molecule has 0 radical (unpaired) electrons. The highest BCUT2D eigenvalue weighted by Gasteiger charge is 2.23. The molecule has 0 atom stereocenters. The maximum atomic E-state index is 14.1. The number of nitrogens with zero attached hydrogens (tertiary/aromatic N) is 5. The number of imidazole rings is 1. The van der Waals surface area contributed by atoms with E-state index in [4.69, 9.17) is 0 Å². The lowest BCUT2D eigenvalue weighted by Gasteiger charge is -2.14. The molecule has 0 spiro atoms. The Hall–Kier alpha value is -3.59. The van der Waals surface area contributed by atoms with Crippen LogP contribution in [0.25, 0.3) is 16.8 Å². The lowest BCUT2D eigenvalue weighted by atomic mass is 10.1. The Morgan fingerprint density at radius 3 is 2.73 bits per heavy atom. The van der Waals surface area contributed by atoms with Crippen molar-refractivity contribution in [2.75, 3.05) is 7.05 Å². The number of pyridine rings is 2. The highest BCUT2D eigenvalue weighted by atomic mass is 32.2. The fourth-order valence-corrected chi connectivity index (χ4v) is 4.06. The first-order chi connectivity index (χ1) is 14.4. The van der Waals surface area contributed by atoms with Crippen LogP contribution in [-0.2, 0) is 10.0 Å². The molecule has 0 fully saturated rings. The van der Waals surface area contributed by atoms with Crippen LogP contribution in [-0.4, -0.2) is 40.5 Å². The van der Waals surface area contributed by atoms with Crippen LogP contribution < -0.4 is 0 Å². The van der Waals surface area contributed by atoms with E-state index in [1.807, 2.05) is 30.5 Å². The van der Waals surface area contributed by atoms with Crippen molar-refractivity contribution in [2.45, 2.75) is 11.8 Å². The lowest BCUT2D eigenvalue weighted by molar-refractivity contribution is 0.481. The van der Waals surface area contributed by atoms with Crippen LogP contribution in [0.5, 0.6) is 0 Å². The summed E-state index contributed by atoms with van der Waals surface area (Å²) < 4.78 is 42.0. The largest absolute Gasteiger partial charge is 0.298 e. The average Bonchev–Trinajstić information content (AvgIpc) is 3.16. The van der Waals surface area contributed by atoms with Gasteiger partial charge in [0.15, 0.2) is 0 Å². The van der Waals surface area contributed by atoms with Crippen LogP contribution in [0.2, 0.25) is 0 Å². The average molecular weight is 423 g/mol. The molecule has 0 bridgehead atoms. The van der Waals surface area contributed by atoms with Gasteiger partial charge in [-0.2, -0.15) is 17.9 Å². The first kappa shape index (κ1) is 19.7. The first-order valence-electron chi connectivity index (χ1n) is 9.03. The molecule has 9 heteroatoms. The zero-order valence-corrected chi connectivity index (χ0v) is 17.1. The normalized spacial score (nSPS) is 12.0. The molecular weight excluding hydrogens is 405 g/mol. The number of sulfonamides is 1. The summed E-state index contributed by atoms with van der Waals surface area (Å²) in [7, 11) is -2.87. The molecule has 0 unspecified atom stereocenters. The molecule has 0 saturated carbocycles. The van der Waals surface area contributed by atoms with Gasteiger partial charge >= 0.3 is 0 Å². The molecule has 7 nitrogen and oxygen atoms in total. The SMILES string of the molecule is Cc1ccc(F)c(S(=O)(=O)N(C)/N=C/c2cnc3ccc(-c4cccnc4)cn23)c1. The van der Waals surface area contributed by atoms with Crippen molar-refractivity contribution in [1.29, 1.82) is 0 Å². The van der Waals surface area contributed by atoms with Crippen molar-refractivity contribution >= 4 is 21.9 Å².